The van der Waals surface area contributed by atoms with E-state index in [1.165, 1.54) is 0 Å². The lowest BCUT2D eigenvalue weighted by atomic mass is 10.2. The fourth-order valence-electron chi connectivity index (χ4n) is 2.58. The zero-order valence-corrected chi connectivity index (χ0v) is 15.1. The molecular weight excluding hydrogens is 332 g/mol. The van der Waals surface area contributed by atoms with Crippen LogP contribution in [0.1, 0.15) is 32.1 Å². The number of nitrogens with one attached hydrogen (secondary N) is 1. The molecule has 0 saturated carbocycles. The average molecular weight is 357 g/mol. The number of amides is 1. The van der Waals surface area contributed by atoms with Crippen LogP contribution >= 0.6 is 11.8 Å². The van der Waals surface area contributed by atoms with Crippen LogP contribution in [0.15, 0.2) is 29.2 Å². The first kappa shape index (κ1) is 18.3. The van der Waals surface area contributed by atoms with Gasteiger partial charge < -0.3 is 5.32 Å². The van der Waals surface area contributed by atoms with E-state index in [0.717, 1.165) is 31.4 Å². The Morgan fingerprint density at radius 1 is 1.22 bits per heavy atom. The molecule has 1 aliphatic heterocycles. The Morgan fingerprint density at radius 3 is 2.57 bits per heavy atom. The van der Waals surface area contributed by atoms with Crippen molar-refractivity contribution in [2.24, 2.45) is 0 Å². The third kappa shape index (κ3) is 5.22. The fourth-order valence-corrected chi connectivity index (χ4v) is 4.54. The van der Waals surface area contributed by atoms with Gasteiger partial charge in [0.05, 0.1) is 4.90 Å². The molecule has 5 nitrogen and oxygen atoms in total. The van der Waals surface area contributed by atoms with Crippen LogP contribution in [-0.4, -0.2) is 43.7 Å². The van der Waals surface area contributed by atoms with E-state index in [1.54, 1.807) is 40.3 Å². The van der Waals surface area contributed by atoms with Gasteiger partial charge in [0.2, 0.25) is 15.9 Å². The number of anilines is 1. The Labute approximate surface area is 142 Å². The smallest absolute Gasteiger partial charge is 0.243 e. The summed E-state index contributed by atoms with van der Waals surface area (Å²) >= 11 is 1.61. The maximum atomic E-state index is 12.8. The predicted molar refractivity (Wildman–Crippen MR) is 95.3 cm³/mol. The summed E-state index contributed by atoms with van der Waals surface area (Å²) in [5, 5.41) is 2.77. The summed E-state index contributed by atoms with van der Waals surface area (Å²) < 4.78 is 27.1. The zero-order chi connectivity index (χ0) is 16.7. The molecule has 1 aromatic rings. The third-order valence-electron chi connectivity index (χ3n) is 3.85. The minimum Gasteiger partial charge on any atom is -0.326 e. The molecule has 0 unspecified atom stereocenters. The summed E-state index contributed by atoms with van der Waals surface area (Å²) in [7, 11) is -3.48. The molecule has 2 rings (SSSR count). The average Bonchev–Trinajstić information content (AvgIpc) is 2.83. The maximum absolute atomic E-state index is 12.8. The van der Waals surface area contributed by atoms with Crippen LogP contribution in [0.25, 0.3) is 0 Å². The van der Waals surface area contributed by atoms with Crippen LogP contribution in [0, 0.1) is 0 Å². The summed E-state index contributed by atoms with van der Waals surface area (Å²) in [6.45, 7) is 1.15. The second kappa shape index (κ2) is 8.70. The second-order valence-corrected chi connectivity index (χ2v) is 8.56. The molecule has 0 radical (unpaired) electrons. The van der Waals surface area contributed by atoms with Crippen LogP contribution < -0.4 is 5.32 Å². The number of hydrogen-bond donors (Lipinski definition) is 1. The number of carbonyl (C=O) groups is 1. The number of carbonyl (C=O) groups excluding carboxylic acids is 1. The van der Waals surface area contributed by atoms with Gasteiger partial charge in [0.1, 0.15) is 0 Å². The van der Waals surface area contributed by atoms with E-state index in [-0.39, 0.29) is 10.8 Å². The highest BCUT2D eigenvalue weighted by Gasteiger charge is 2.25. The molecule has 1 aliphatic rings. The maximum Gasteiger partial charge on any atom is 0.243 e. The standard InChI is InChI=1S/C16H24N2O3S2/c1-22-12-9-16(19)17-14-7-6-8-15(13-14)23(20,21)18-10-4-2-3-5-11-18/h6-8,13H,2-5,9-12H2,1H3,(H,17,19). The van der Waals surface area contributed by atoms with Gasteiger partial charge in [-0.2, -0.15) is 16.1 Å². The van der Waals surface area contributed by atoms with Crippen molar-refractivity contribution in [1.82, 2.24) is 4.31 Å². The van der Waals surface area contributed by atoms with Crippen LogP contribution in [0.4, 0.5) is 5.69 Å². The van der Waals surface area contributed by atoms with Gasteiger partial charge in [0.15, 0.2) is 0 Å². The molecule has 0 atom stereocenters. The molecule has 1 aromatic carbocycles. The molecule has 1 N–H and O–H groups in total. The van der Waals surface area contributed by atoms with E-state index in [2.05, 4.69) is 5.32 Å². The minimum absolute atomic E-state index is 0.0938. The number of hydrogen-bond acceptors (Lipinski definition) is 4. The Balaban J connectivity index is 2.12. The molecule has 7 heteroatoms. The highest BCUT2D eigenvalue weighted by atomic mass is 32.2. The quantitative estimate of drug-likeness (QED) is 0.851. The van der Waals surface area contributed by atoms with Crippen molar-refractivity contribution >= 4 is 33.4 Å². The summed E-state index contributed by atoms with van der Waals surface area (Å²) in [6.07, 6.45) is 6.34. The van der Waals surface area contributed by atoms with E-state index in [4.69, 9.17) is 0 Å². The normalized spacial score (nSPS) is 16.7. The van der Waals surface area contributed by atoms with E-state index in [9.17, 15) is 13.2 Å². The number of sulfonamides is 1. The summed E-state index contributed by atoms with van der Waals surface area (Å²) in [5.41, 5.74) is 0.534. The Hall–Kier alpha value is -1.05. The van der Waals surface area contributed by atoms with Crippen LogP contribution in [-0.2, 0) is 14.8 Å². The van der Waals surface area contributed by atoms with Crippen molar-refractivity contribution in [2.45, 2.75) is 37.0 Å². The van der Waals surface area contributed by atoms with Crippen LogP contribution in [0.2, 0.25) is 0 Å². The minimum atomic E-state index is -3.48. The van der Waals surface area contributed by atoms with E-state index in [1.807, 2.05) is 6.26 Å². The van der Waals surface area contributed by atoms with Crippen molar-refractivity contribution in [3.05, 3.63) is 24.3 Å². The first-order chi connectivity index (χ1) is 11.0. The molecule has 1 fully saturated rings. The zero-order valence-electron chi connectivity index (χ0n) is 13.5. The monoisotopic (exact) mass is 356 g/mol. The largest absolute Gasteiger partial charge is 0.326 e. The fraction of sp³-hybridized carbons (Fsp3) is 0.562. The molecule has 1 heterocycles. The first-order valence-corrected chi connectivity index (χ1v) is 10.8. The lowest BCUT2D eigenvalue weighted by molar-refractivity contribution is -0.115. The van der Waals surface area contributed by atoms with Gasteiger partial charge in [-0.05, 0) is 37.3 Å². The molecule has 0 aromatic heterocycles. The van der Waals surface area contributed by atoms with E-state index < -0.39 is 10.0 Å². The van der Waals surface area contributed by atoms with Crippen LogP contribution in [0.3, 0.4) is 0 Å². The van der Waals surface area contributed by atoms with Crippen molar-refractivity contribution < 1.29 is 13.2 Å². The molecule has 128 valence electrons. The van der Waals surface area contributed by atoms with Gasteiger partial charge in [0.25, 0.3) is 0 Å². The number of thioether (sulfide) groups is 1. The second-order valence-electron chi connectivity index (χ2n) is 5.64. The van der Waals surface area contributed by atoms with Crippen molar-refractivity contribution in [3.63, 3.8) is 0 Å². The Kier molecular flexibility index (Phi) is 6.92. The van der Waals surface area contributed by atoms with E-state index >= 15 is 0 Å². The highest BCUT2D eigenvalue weighted by Crippen LogP contribution is 2.22. The van der Waals surface area contributed by atoms with Gasteiger partial charge in [-0.3, -0.25) is 4.79 Å². The van der Waals surface area contributed by atoms with Gasteiger partial charge >= 0.3 is 0 Å². The topological polar surface area (TPSA) is 66.5 Å². The van der Waals surface area contributed by atoms with Gasteiger partial charge in [-0.25, -0.2) is 8.42 Å². The van der Waals surface area contributed by atoms with Gasteiger partial charge in [-0.1, -0.05) is 18.9 Å². The van der Waals surface area contributed by atoms with Gasteiger partial charge in [0, 0.05) is 31.0 Å². The predicted octanol–water partition coefficient (Wildman–Crippen LogP) is 2.94. The number of benzene rings is 1. The SMILES string of the molecule is CSCCC(=O)Nc1cccc(S(=O)(=O)N2CCCCCC2)c1. The van der Waals surface area contributed by atoms with Crippen molar-refractivity contribution in [1.29, 1.82) is 0 Å². The highest BCUT2D eigenvalue weighted by molar-refractivity contribution is 7.98. The molecule has 23 heavy (non-hydrogen) atoms. The summed E-state index contributed by atoms with van der Waals surface area (Å²) in [4.78, 5) is 12.0. The summed E-state index contributed by atoms with van der Waals surface area (Å²) in [6, 6.07) is 6.54. The molecular formula is C16H24N2O3S2. The number of nitrogens with zero attached hydrogens (tertiary/aromatic N) is 1. The number of rotatable bonds is 6. The molecule has 1 saturated heterocycles. The van der Waals surface area contributed by atoms with Crippen molar-refractivity contribution in [3.8, 4) is 0 Å². The molecule has 1 amide bonds. The van der Waals surface area contributed by atoms with E-state index in [0.29, 0.717) is 25.2 Å². The first-order valence-electron chi connectivity index (χ1n) is 7.93. The molecule has 0 bridgehead atoms. The van der Waals surface area contributed by atoms with Gasteiger partial charge in [-0.15, -0.1) is 0 Å². The summed E-state index contributed by atoms with van der Waals surface area (Å²) in [5.74, 6) is 0.654. The molecule has 0 spiro atoms. The third-order valence-corrected chi connectivity index (χ3v) is 6.36. The van der Waals surface area contributed by atoms with Crippen LogP contribution in [0.5, 0.6) is 0 Å². The van der Waals surface area contributed by atoms with Crippen molar-refractivity contribution in [2.75, 3.05) is 30.4 Å². The Bertz CT molecular complexity index is 624. The lowest BCUT2D eigenvalue weighted by Gasteiger charge is -2.20. The Morgan fingerprint density at radius 2 is 1.91 bits per heavy atom. The lowest BCUT2D eigenvalue weighted by Crippen LogP contribution is -2.32. The molecule has 0 aliphatic carbocycles.